The van der Waals surface area contributed by atoms with Crippen LogP contribution in [0.25, 0.3) is 11.1 Å². The Morgan fingerprint density at radius 3 is 2.49 bits per heavy atom. The average Bonchev–Trinajstić information content (AvgIpc) is 3.29. The first kappa shape index (κ1) is 25.7. The van der Waals surface area contributed by atoms with Gasteiger partial charge in [-0.25, -0.2) is 4.79 Å². The first-order chi connectivity index (χ1) is 17.6. The maximum Gasteiger partial charge on any atom is 0.335 e. The fourth-order valence-electron chi connectivity index (χ4n) is 6.30. The summed E-state index contributed by atoms with van der Waals surface area (Å²) in [5, 5.41) is 23.5. The number of nitrogens with zero attached hydrogens (tertiary/aromatic N) is 1. The van der Waals surface area contributed by atoms with E-state index in [0.717, 1.165) is 36.9 Å². The molecule has 2 saturated carbocycles. The summed E-state index contributed by atoms with van der Waals surface area (Å²) in [4.78, 5) is 26.9. The number of nitrogens with one attached hydrogen (secondary N) is 1. The second-order valence-electron chi connectivity index (χ2n) is 11.9. The van der Waals surface area contributed by atoms with Crippen LogP contribution in [0.3, 0.4) is 0 Å². The van der Waals surface area contributed by atoms with Gasteiger partial charge in [0.1, 0.15) is 11.9 Å². The van der Waals surface area contributed by atoms with Crippen LogP contribution in [-0.2, 0) is 4.79 Å². The van der Waals surface area contributed by atoms with Gasteiger partial charge in [-0.15, -0.1) is 0 Å². The molecule has 0 unspecified atom stereocenters. The zero-order chi connectivity index (χ0) is 26.3. The zero-order valence-electron chi connectivity index (χ0n) is 21.9. The Labute approximate surface area is 218 Å². The molecule has 37 heavy (non-hydrogen) atoms. The second-order valence-corrected chi connectivity index (χ2v) is 11.9. The molecule has 0 radical (unpaired) electrons. The summed E-state index contributed by atoms with van der Waals surface area (Å²) in [5.74, 6) is 0.0640. The summed E-state index contributed by atoms with van der Waals surface area (Å²) >= 11 is 0. The number of aromatic carboxylic acids is 1. The van der Waals surface area contributed by atoms with Crippen LogP contribution in [0.4, 0.5) is 0 Å². The molecule has 3 aliphatic rings. The monoisotopic (exact) mass is 506 g/mol. The van der Waals surface area contributed by atoms with Crippen molar-refractivity contribution in [1.29, 1.82) is 0 Å². The van der Waals surface area contributed by atoms with E-state index >= 15 is 0 Å². The van der Waals surface area contributed by atoms with Crippen LogP contribution < -0.4 is 10.1 Å². The number of benzene rings is 2. The zero-order valence-corrected chi connectivity index (χ0v) is 21.9. The number of hydrogen-bond acceptors (Lipinski definition) is 5. The SMILES string of the molecule is CN1CC(C)(C)C[C@H]1C(=O)N[C@H]1C[C@H](Oc2ccc(C(=O)O)cc2-c2ccccc2C2CCC2)C[C@H]1O. The van der Waals surface area contributed by atoms with Crippen LogP contribution in [-0.4, -0.2) is 64.9 Å². The molecule has 2 aromatic carbocycles. The quantitative estimate of drug-likeness (QED) is 0.514. The summed E-state index contributed by atoms with van der Waals surface area (Å²) in [6.45, 7) is 5.20. The number of carboxylic acids is 1. The lowest BCUT2D eigenvalue weighted by Gasteiger charge is -2.28. The van der Waals surface area contributed by atoms with Crippen molar-refractivity contribution in [2.75, 3.05) is 13.6 Å². The van der Waals surface area contributed by atoms with E-state index in [-0.39, 0.29) is 35.1 Å². The summed E-state index contributed by atoms with van der Waals surface area (Å²) in [6.07, 6.45) is 4.18. The smallest absolute Gasteiger partial charge is 0.335 e. The van der Waals surface area contributed by atoms with Crippen LogP contribution >= 0.6 is 0 Å². The largest absolute Gasteiger partial charge is 0.490 e. The molecule has 3 N–H and O–H groups in total. The number of amides is 1. The lowest BCUT2D eigenvalue weighted by molar-refractivity contribution is -0.126. The molecular formula is C30H38N2O5. The number of ether oxygens (including phenoxy) is 1. The minimum absolute atomic E-state index is 0.0429. The molecule has 7 nitrogen and oxygen atoms in total. The summed E-state index contributed by atoms with van der Waals surface area (Å²) in [5.41, 5.74) is 3.29. The second kappa shape index (κ2) is 10.1. The van der Waals surface area contributed by atoms with Gasteiger partial charge < -0.3 is 20.3 Å². The summed E-state index contributed by atoms with van der Waals surface area (Å²) in [7, 11) is 1.97. The molecule has 2 aromatic rings. The number of hydrogen-bond donors (Lipinski definition) is 3. The van der Waals surface area contributed by atoms with Gasteiger partial charge in [0.15, 0.2) is 0 Å². The molecular weight excluding hydrogens is 468 g/mol. The maximum absolute atomic E-state index is 13.0. The number of likely N-dealkylation sites (N-methyl/N-ethyl adjacent to an activating group) is 1. The van der Waals surface area contributed by atoms with Crippen molar-refractivity contribution in [3.8, 4) is 16.9 Å². The molecule has 1 amide bonds. The maximum atomic E-state index is 13.0. The highest BCUT2D eigenvalue weighted by molar-refractivity contribution is 5.91. The van der Waals surface area contributed by atoms with Crippen LogP contribution in [0.2, 0.25) is 0 Å². The van der Waals surface area contributed by atoms with E-state index in [2.05, 4.69) is 30.1 Å². The van der Waals surface area contributed by atoms with Crippen molar-refractivity contribution in [2.24, 2.45) is 5.41 Å². The number of carboxylic acid groups (broad SMARTS) is 1. The highest BCUT2D eigenvalue weighted by Crippen LogP contribution is 2.44. The molecule has 0 aromatic heterocycles. The molecule has 0 spiro atoms. The van der Waals surface area contributed by atoms with E-state index in [0.29, 0.717) is 24.5 Å². The summed E-state index contributed by atoms with van der Waals surface area (Å²) < 4.78 is 6.43. The predicted octanol–water partition coefficient (Wildman–Crippen LogP) is 4.44. The van der Waals surface area contributed by atoms with E-state index < -0.39 is 12.1 Å². The minimum atomic E-state index is -0.979. The van der Waals surface area contributed by atoms with Crippen molar-refractivity contribution in [3.63, 3.8) is 0 Å². The Morgan fingerprint density at radius 1 is 1.08 bits per heavy atom. The first-order valence-electron chi connectivity index (χ1n) is 13.4. The van der Waals surface area contributed by atoms with Crippen LogP contribution in [0.15, 0.2) is 42.5 Å². The fraction of sp³-hybridized carbons (Fsp3) is 0.533. The van der Waals surface area contributed by atoms with E-state index in [9.17, 15) is 19.8 Å². The summed E-state index contributed by atoms with van der Waals surface area (Å²) in [6, 6.07) is 12.6. The van der Waals surface area contributed by atoms with E-state index in [4.69, 9.17) is 4.74 Å². The number of carbonyl (C=O) groups excluding carboxylic acids is 1. The molecule has 1 saturated heterocycles. The van der Waals surface area contributed by atoms with Gasteiger partial charge in [0.05, 0.1) is 23.8 Å². The van der Waals surface area contributed by atoms with Gasteiger partial charge in [0, 0.05) is 24.9 Å². The predicted molar refractivity (Wildman–Crippen MR) is 142 cm³/mol. The number of aliphatic hydroxyl groups is 1. The van der Waals surface area contributed by atoms with E-state index in [1.54, 1.807) is 18.2 Å². The third-order valence-electron chi connectivity index (χ3n) is 8.39. The number of aliphatic hydroxyl groups excluding tert-OH is 1. The number of rotatable bonds is 7. The van der Waals surface area contributed by atoms with Crippen molar-refractivity contribution < 1.29 is 24.5 Å². The molecule has 5 rings (SSSR count). The average molecular weight is 507 g/mol. The normalized spacial score (nSPS) is 27.6. The van der Waals surface area contributed by atoms with Gasteiger partial charge in [-0.2, -0.15) is 0 Å². The van der Waals surface area contributed by atoms with Crippen LogP contribution in [0, 0.1) is 5.41 Å². The van der Waals surface area contributed by atoms with Crippen LogP contribution in [0.5, 0.6) is 5.75 Å². The van der Waals surface area contributed by atoms with E-state index in [1.165, 1.54) is 12.0 Å². The Kier molecular flexibility index (Phi) is 7.03. The first-order valence-corrected chi connectivity index (χ1v) is 13.4. The van der Waals surface area contributed by atoms with E-state index in [1.807, 2.05) is 25.2 Å². The highest BCUT2D eigenvalue weighted by atomic mass is 16.5. The Hall–Kier alpha value is -2.90. The van der Waals surface area contributed by atoms with Gasteiger partial charge in [-0.05, 0) is 67.0 Å². The molecule has 1 heterocycles. The third kappa shape index (κ3) is 5.39. The van der Waals surface area contributed by atoms with Gasteiger partial charge >= 0.3 is 5.97 Å². The lowest BCUT2D eigenvalue weighted by atomic mass is 9.77. The number of likely N-dealkylation sites (tertiary alicyclic amines) is 1. The van der Waals surface area contributed by atoms with Crippen molar-refractivity contribution >= 4 is 11.9 Å². The molecule has 4 atom stereocenters. The Bertz CT molecular complexity index is 1170. The van der Waals surface area contributed by atoms with Crippen molar-refractivity contribution in [3.05, 3.63) is 53.6 Å². The molecule has 0 bridgehead atoms. The van der Waals surface area contributed by atoms with Gasteiger partial charge in [-0.3, -0.25) is 9.69 Å². The highest BCUT2D eigenvalue weighted by Gasteiger charge is 2.42. The Morgan fingerprint density at radius 2 is 1.84 bits per heavy atom. The topological polar surface area (TPSA) is 99.1 Å². The number of carbonyl (C=O) groups is 2. The lowest BCUT2D eigenvalue weighted by Crippen LogP contribution is -2.48. The molecule has 3 fully saturated rings. The minimum Gasteiger partial charge on any atom is -0.490 e. The van der Waals surface area contributed by atoms with Gasteiger partial charge in [-0.1, -0.05) is 44.5 Å². The van der Waals surface area contributed by atoms with Crippen LogP contribution in [0.1, 0.15) is 74.2 Å². The molecule has 1 aliphatic heterocycles. The van der Waals surface area contributed by atoms with Crippen molar-refractivity contribution in [1.82, 2.24) is 10.2 Å². The molecule has 2 aliphatic carbocycles. The standard InChI is InChI=1S/C30H38N2O5/c1-30(2)16-25(32(3)17-30)28(34)31-24-14-20(15-26(24)33)37-27-12-11-19(29(35)36)13-23(27)22-10-5-4-9-21(22)18-7-6-8-18/h4-5,9-13,18,20,24-26,33H,6-8,14-17H2,1-3H3,(H,31,34)(H,35,36)/t20-,24-,25-,26+/m0/s1. The third-order valence-corrected chi connectivity index (χ3v) is 8.39. The van der Waals surface area contributed by atoms with Crippen molar-refractivity contribution in [2.45, 2.75) is 82.6 Å². The fourth-order valence-corrected chi connectivity index (χ4v) is 6.30. The van der Waals surface area contributed by atoms with Gasteiger partial charge in [0.25, 0.3) is 0 Å². The van der Waals surface area contributed by atoms with Gasteiger partial charge in [0.2, 0.25) is 5.91 Å². The molecule has 198 valence electrons. The molecule has 7 heteroatoms. The Balaban J connectivity index is 1.34.